The minimum Gasteiger partial charge on any atom is -0.493 e. The Labute approximate surface area is 109 Å². The second-order valence-electron chi connectivity index (χ2n) is 4.63. The first-order valence-electron chi connectivity index (χ1n) is 6.79. The lowest BCUT2D eigenvalue weighted by Gasteiger charge is -2.14. The third kappa shape index (κ3) is 2.72. The molecule has 1 fully saturated rings. The van der Waals surface area contributed by atoms with E-state index in [0.29, 0.717) is 12.4 Å². The van der Waals surface area contributed by atoms with Gasteiger partial charge in [0.15, 0.2) is 5.78 Å². The van der Waals surface area contributed by atoms with Crippen molar-refractivity contribution in [2.24, 2.45) is 0 Å². The van der Waals surface area contributed by atoms with Gasteiger partial charge in [-0.15, -0.1) is 0 Å². The Morgan fingerprint density at radius 2 is 2.28 bits per heavy atom. The molecule has 1 N–H and O–H groups in total. The van der Waals surface area contributed by atoms with E-state index in [0.717, 1.165) is 31.4 Å². The third-order valence-electron chi connectivity index (χ3n) is 3.39. The quantitative estimate of drug-likeness (QED) is 0.813. The second kappa shape index (κ2) is 6.01. The van der Waals surface area contributed by atoms with E-state index in [2.05, 4.69) is 12.2 Å². The highest BCUT2D eigenvalue weighted by Crippen LogP contribution is 2.24. The Kier molecular flexibility index (Phi) is 4.37. The van der Waals surface area contributed by atoms with Gasteiger partial charge in [-0.1, -0.05) is 13.0 Å². The van der Waals surface area contributed by atoms with Crippen LogP contribution in [0.4, 0.5) is 0 Å². The lowest BCUT2D eigenvalue weighted by molar-refractivity contribution is 0.0948. The number of hydrogen-bond acceptors (Lipinski definition) is 3. The summed E-state index contributed by atoms with van der Waals surface area (Å²) in [7, 11) is 0. The van der Waals surface area contributed by atoms with E-state index < -0.39 is 0 Å². The Bertz CT molecular complexity index is 423. The molecule has 3 nitrogen and oxygen atoms in total. The van der Waals surface area contributed by atoms with E-state index in [1.165, 1.54) is 5.56 Å². The summed E-state index contributed by atoms with van der Waals surface area (Å²) in [6.45, 7) is 5.56. The van der Waals surface area contributed by atoms with E-state index >= 15 is 0 Å². The number of carbonyl (C=O) groups excluding carboxylic acids is 1. The average molecular weight is 247 g/mol. The molecule has 1 heterocycles. The smallest absolute Gasteiger partial charge is 0.183 e. The molecule has 0 amide bonds. The molecule has 0 bridgehead atoms. The molecular weight excluding hydrogens is 226 g/mol. The first-order valence-corrected chi connectivity index (χ1v) is 6.79. The van der Waals surface area contributed by atoms with Crippen molar-refractivity contribution < 1.29 is 9.53 Å². The molecule has 0 spiro atoms. The van der Waals surface area contributed by atoms with Gasteiger partial charge in [0.1, 0.15) is 5.75 Å². The number of nitrogens with one attached hydrogen (secondary N) is 1. The number of Topliss-reactive ketones (excluding diaryl/α,β-unsaturated/α-hetero) is 1. The van der Waals surface area contributed by atoms with E-state index in [4.69, 9.17) is 4.74 Å². The van der Waals surface area contributed by atoms with Crippen LogP contribution in [0.2, 0.25) is 0 Å². The van der Waals surface area contributed by atoms with Crippen molar-refractivity contribution in [3.05, 3.63) is 29.3 Å². The molecule has 1 aromatic carbocycles. The van der Waals surface area contributed by atoms with E-state index in [1.54, 1.807) is 0 Å². The SMILES string of the molecule is CCOc1ccc(CC)cc1C(=O)C1CCCN1. The van der Waals surface area contributed by atoms with Gasteiger partial charge >= 0.3 is 0 Å². The lowest BCUT2D eigenvalue weighted by atomic mass is 9.99. The number of rotatable bonds is 5. The van der Waals surface area contributed by atoms with Crippen molar-refractivity contribution in [3.63, 3.8) is 0 Å². The lowest BCUT2D eigenvalue weighted by Crippen LogP contribution is -2.31. The molecule has 1 aromatic rings. The van der Waals surface area contributed by atoms with Gasteiger partial charge in [0.25, 0.3) is 0 Å². The molecule has 1 unspecified atom stereocenters. The predicted octanol–water partition coefficient (Wildman–Crippen LogP) is 2.58. The van der Waals surface area contributed by atoms with Gasteiger partial charge in [-0.05, 0) is 50.4 Å². The summed E-state index contributed by atoms with van der Waals surface area (Å²) in [6, 6.07) is 5.90. The molecule has 18 heavy (non-hydrogen) atoms. The van der Waals surface area contributed by atoms with Crippen molar-refractivity contribution in [2.75, 3.05) is 13.2 Å². The van der Waals surface area contributed by atoms with E-state index in [1.807, 2.05) is 25.1 Å². The molecule has 98 valence electrons. The molecule has 1 atom stereocenters. The summed E-state index contributed by atoms with van der Waals surface area (Å²) in [6.07, 6.45) is 2.94. The summed E-state index contributed by atoms with van der Waals surface area (Å²) in [5.74, 6) is 0.889. The maximum absolute atomic E-state index is 12.5. The zero-order valence-corrected chi connectivity index (χ0v) is 11.2. The molecule has 1 saturated heterocycles. The van der Waals surface area contributed by atoms with Gasteiger partial charge in [0.05, 0.1) is 18.2 Å². The van der Waals surface area contributed by atoms with Crippen LogP contribution in [0, 0.1) is 0 Å². The summed E-state index contributed by atoms with van der Waals surface area (Å²) in [5.41, 5.74) is 1.91. The predicted molar refractivity (Wildman–Crippen MR) is 72.3 cm³/mol. The first-order chi connectivity index (χ1) is 8.76. The van der Waals surface area contributed by atoms with Gasteiger partial charge in [-0.2, -0.15) is 0 Å². The van der Waals surface area contributed by atoms with Crippen molar-refractivity contribution >= 4 is 5.78 Å². The first kappa shape index (κ1) is 13.1. The standard InChI is InChI=1S/C15H21NO2/c1-3-11-7-8-14(18-4-2)12(10-11)15(17)13-6-5-9-16-13/h7-8,10,13,16H,3-6,9H2,1-2H3. The van der Waals surface area contributed by atoms with E-state index in [9.17, 15) is 4.79 Å². The Morgan fingerprint density at radius 3 is 2.89 bits per heavy atom. The van der Waals surface area contributed by atoms with Crippen LogP contribution in [-0.2, 0) is 6.42 Å². The van der Waals surface area contributed by atoms with Crippen molar-refractivity contribution in [3.8, 4) is 5.75 Å². The number of ether oxygens (including phenoxy) is 1. The van der Waals surface area contributed by atoms with Gasteiger partial charge in [0, 0.05) is 0 Å². The fourth-order valence-corrected chi connectivity index (χ4v) is 2.37. The number of ketones is 1. The molecular formula is C15H21NO2. The van der Waals surface area contributed by atoms with Gasteiger partial charge in [-0.3, -0.25) is 4.79 Å². The van der Waals surface area contributed by atoms with Crippen molar-refractivity contribution in [1.29, 1.82) is 0 Å². The van der Waals surface area contributed by atoms with E-state index in [-0.39, 0.29) is 11.8 Å². The highest BCUT2D eigenvalue weighted by Gasteiger charge is 2.25. The van der Waals surface area contributed by atoms with Crippen molar-refractivity contribution in [1.82, 2.24) is 5.32 Å². The topological polar surface area (TPSA) is 38.3 Å². The maximum atomic E-state index is 12.5. The van der Waals surface area contributed by atoms with Crippen LogP contribution in [-0.4, -0.2) is 25.0 Å². The number of aryl methyl sites for hydroxylation is 1. The normalized spacial score (nSPS) is 18.9. The molecule has 1 aliphatic heterocycles. The molecule has 1 aliphatic rings. The highest BCUT2D eigenvalue weighted by atomic mass is 16.5. The minimum absolute atomic E-state index is 0.0312. The van der Waals surface area contributed by atoms with Crippen LogP contribution < -0.4 is 10.1 Å². The summed E-state index contributed by atoms with van der Waals surface area (Å²) >= 11 is 0. The molecule has 0 aliphatic carbocycles. The zero-order valence-electron chi connectivity index (χ0n) is 11.2. The third-order valence-corrected chi connectivity index (χ3v) is 3.39. The molecule has 0 aromatic heterocycles. The fraction of sp³-hybridized carbons (Fsp3) is 0.533. The highest BCUT2D eigenvalue weighted by molar-refractivity contribution is 6.02. The van der Waals surface area contributed by atoms with Crippen molar-refractivity contribution in [2.45, 2.75) is 39.2 Å². The van der Waals surface area contributed by atoms with Gasteiger partial charge in [-0.25, -0.2) is 0 Å². The summed E-state index contributed by atoms with van der Waals surface area (Å²) in [4.78, 5) is 12.5. The zero-order chi connectivity index (χ0) is 13.0. The minimum atomic E-state index is -0.0312. The molecule has 3 heteroatoms. The Morgan fingerprint density at radius 1 is 1.44 bits per heavy atom. The van der Waals surface area contributed by atoms with Crippen LogP contribution in [0.5, 0.6) is 5.75 Å². The second-order valence-corrected chi connectivity index (χ2v) is 4.63. The van der Waals surface area contributed by atoms with Gasteiger partial charge in [0.2, 0.25) is 0 Å². The summed E-state index contributed by atoms with van der Waals surface area (Å²) in [5, 5.41) is 3.26. The number of benzene rings is 1. The summed E-state index contributed by atoms with van der Waals surface area (Å²) < 4.78 is 5.57. The van der Waals surface area contributed by atoms with Crippen LogP contribution in [0.25, 0.3) is 0 Å². The van der Waals surface area contributed by atoms with Crippen LogP contribution in [0.15, 0.2) is 18.2 Å². The molecule has 0 radical (unpaired) electrons. The molecule has 2 rings (SSSR count). The molecule has 0 saturated carbocycles. The Hall–Kier alpha value is -1.35. The number of carbonyl (C=O) groups is 1. The largest absolute Gasteiger partial charge is 0.493 e. The van der Waals surface area contributed by atoms with Gasteiger partial charge < -0.3 is 10.1 Å². The number of hydrogen-bond donors (Lipinski definition) is 1. The Balaban J connectivity index is 2.29. The van der Waals surface area contributed by atoms with Crippen LogP contribution in [0.1, 0.15) is 42.6 Å². The van der Waals surface area contributed by atoms with Crippen LogP contribution >= 0.6 is 0 Å². The monoisotopic (exact) mass is 247 g/mol. The average Bonchev–Trinajstić information content (AvgIpc) is 2.92. The fourth-order valence-electron chi connectivity index (χ4n) is 2.37. The maximum Gasteiger partial charge on any atom is 0.183 e. The van der Waals surface area contributed by atoms with Crippen LogP contribution in [0.3, 0.4) is 0 Å².